The fourth-order valence-corrected chi connectivity index (χ4v) is 3.76. The van der Waals surface area contributed by atoms with Gasteiger partial charge in [-0.2, -0.15) is 0 Å². The minimum Gasteiger partial charge on any atom is -0.481 e. The number of rotatable bonds is 8. The Hall–Kier alpha value is -1.85. The van der Waals surface area contributed by atoms with E-state index in [0.29, 0.717) is 29.8 Å². The number of carbonyl (C=O) groups excluding carboxylic acids is 1. The monoisotopic (exact) mass is 348 g/mol. The molecule has 0 radical (unpaired) electrons. The molecular formula is C19H28N2O4. The molecule has 0 spiro atoms. The molecule has 2 fully saturated rings. The van der Waals surface area contributed by atoms with Crippen LogP contribution in [0, 0.1) is 12.8 Å². The number of carbonyl (C=O) groups is 2. The van der Waals surface area contributed by atoms with Gasteiger partial charge < -0.3 is 14.8 Å². The van der Waals surface area contributed by atoms with E-state index in [4.69, 9.17) is 9.52 Å². The fraction of sp³-hybridized carbons (Fsp3) is 0.737. The largest absolute Gasteiger partial charge is 0.481 e. The Labute approximate surface area is 148 Å². The second-order valence-corrected chi connectivity index (χ2v) is 7.58. The number of oxazole rings is 1. The van der Waals surface area contributed by atoms with Crippen LogP contribution in [0.1, 0.15) is 92.3 Å². The van der Waals surface area contributed by atoms with Crippen molar-refractivity contribution in [3.63, 3.8) is 0 Å². The highest BCUT2D eigenvalue weighted by atomic mass is 16.4. The first-order valence-corrected chi connectivity index (χ1v) is 9.53. The second kappa shape index (κ2) is 8.02. The number of hydrogen-bond donors (Lipinski definition) is 2. The molecular weight excluding hydrogens is 320 g/mol. The van der Waals surface area contributed by atoms with Crippen LogP contribution in [0.5, 0.6) is 0 Å². The van der Waals surface area contributed by atoms with Crippen molar-refractivity contribution >= 4 is 11.9 Å². The first-order chi connectivity index (χ1) is 12.0. The molecule has 1 aromatic heterocycles. The Bertz CT molecular complexity index is 615. The van der Waals surface area contributed by atoms with E-state index >= 15 is 0 Å². The lowest BCUT2D eigenvalue weighted by Gasteiger charge is -2.26. The van der Waals surface area contributed by atoms with Crippen molar-refractivity contribution in [1.29, 1.82) is 0 Å². The summed E-state index contributed by atoms with van der Waals surface area (Å²) in [6.45, 7) is 1.79. The molecule has 2 aliphatic rings. The molecule has 0 aromatic carbocycles. The molecule has 0 saturated heterocycles. The van der Waals surface area contributed by atoms with Crippen LogP contribution in [-0.4, -0.2) is 28.0 Å². The average Bonchev–Trinajstić information content (AvgIpc) is 3.36. The number of carboxylic acids is 1. The zero-order valence-electron chi connectivity index (χ0n) is 14.9. The molecule has 6 heteroatoms. The van der Waals surface area contributed by atoms with Crippen molar-refractivity contribution in [3.8, 4) is 0 Å². The van der Waals surface area contributed by atoms with Gasteiger partial charge in [-0.3, -0.25) is 9.59 Å². The highest BCUT2D eigenvalue weighted by molar-refractivity contribution is 5.92. The predicted octanol–water partition coefficient (Wildman–Crippen LogP) is 3.79. The van der Waals surface area contributed by atoms with Gasteiger partial charge in [0, 0.05) is 18.4 Å². The standard InChI is InChI=1S/C19H28N2O4/c1-12-17(25-19(20-12)14-7-8-14)18(24)21-15(9-10-16(22)23)11-13-5-3-2-4-6-13/h13-15H,2-11H2,1H3,(H,21,24)(H,22,23). The first kappa shape index (κ1) is 18.0. The molecule has 1 amide bonds. The van der Waals surface area contributed by atoms with Crippen LogP contribution in [0.3, 0.4) is 0 Å². The van der Waals surface area contributed by atoms with Crippen molar-refractivity contribution < 1.29 is 19.1 Å². The van der Waals surface area contributed by atoms with Gasteiger partial charge in [0.05, 0.1) is 5.69 Å². The summed E-state index contributed by atoms with van der Waals surface area (Å²) in [5.74, 6) is 0.803. The van der Waals surface area contributed by atoms with Crippen LogP contribution >= 0.6 is 0 Å². The molecule has 3 rings (SSSR count). The lowest BCUT2D eigenvalue weighted by atomic mass is 9.84. The number of aryl methyl sites for hydroxylation is 1. The summed E-state index contributed by atoms with van der Waals surface area (Å²) in [5.41, 5.74) is 0.619. The summed E-state index contributed by atoms with van der Waals surface area (Å²) in [6, 6.07) is -0.124. The van der Waals surface area contributed by atoms with Gasteiger partial charge in [-0.05, 0) is 38.5 Å². The lowest BCUT2D eigenvalue weighted by molar-refractivity contribution is -0.137. The van der Waals surface area contributed by atoms with Crippen molar-refractivity contribution in [2.75, 3.05) is 0 Å². The van der Waals surface area contributed by atoms with Gasteiger partial charge in [-0.25, -0.2) is 4.98 Å². The van der Waals surface area contributed by atoms with E-state index in [9.17, 15) is 9.59 Å². The van der Waals surface area contributed by atoms with Crippen LogP contribution in [0.4, 0.5) is 0 Å². The van der Waals surface area contributed by atoms with Crippen LogP contribution < -0.4 is 5.32 Å². The molecule has 2 saturated carbocycles. The van der Waals surface area contributed by atoms with E-state index in [1.807, 2.05) is 0 Å². The van der Waals surface area contributed by atoms with Gasteiger partial charge in [0.25, 0.3) is 5.91 Å². The highest BCUT2D eigenvalue weighted by Crippen LogP contribution is 2.40. The van der Waals surface area contributed by atoms with E-state index in [2.05, 4.69) is 10.3 Å². The maximum absolute atomic E-state index is 12.6. The Morgan fingerprint density at radius 3 is 2.60 bits per heavy atom. The SMILES string of the molecule is Cc1nc(C2CC2)oc1C(=O)NC(CCC(=O)O)CC1CCCCC1. The molecule has 6 nitrogen and oxygen atoms in total. The predicted molar refractivity (Wildman–Crippen MR) is 92.5 cm³/mol. The maximum atomic E-state index is 12.6. The highest BCUT2D eigenvalue weighted by Gasteiger charge is 2.31. The van der Waals surface area contributed by atoms with Crippen molar-refractivity contribution in [1.82, 2.24) is 10.3 Å². The van der Waals surface area contributed by atoms with E-state index in [1.54, 1.807) is 6.92 Å². The zero-order chi connectivity index (χ0) is 17.8. The van der Waals surface area contributed by atoms with Crippen LogP contribution in [-0.2, 0) is 4.79 Å². The van der Waals surface area contributed by atoms with Gasteiger partial charge in [0.2, 0.25) is 5.76 Å². The number of nitrogens with zero attached hydrogens (tertiary/aromatic N) is 1. The Balaban J connectivity index is 1.62. The van der Waals surface area contributed by atoms with Gasteiger partial charge in [0.1, 0.15) is 0 Å². The van der Waals surface area contributed by atoms with Crippen LogP contribution in [0.2, 0.25) is 0 Å². The van der Waals surface area contributed by atoms with Gasteiger partial charge in [0.15, 0.2) is 5.89 Å². The summed E-state index contributed by atoms with van der Waals surface area (Å²) in [7, 11) is 0. The quantitative estimate of drug-likeness (QED) is 0.745. The molecule has 2 N–H and O–H groups in total. The van der Waals surface area contributed by atoms with E-state index in [0.717, 1.165) is 19.3 Å². The van der Waals surface area contributed by atoms with Crippen molar-refractivity contribution in [2.24, 2.45) is 5.92 Å². The molecule has 1 heterocycles. The number of aromatic nitrogens is 1. The van der Waals surface area contributed by atoms with E-state index < -0.39 is 5.97 Å². The number of amides is 1. The number of hydrogen-bond acceptors (Lipinski definition) is 4. The fourth-order valence-electron chi connectivity index (χ4n) is 3.76. The Kier molecular flexibility index (Phi) is 5.76. The maximum Gasteiger partial charge on any atom is 0.303 e. The number of carboxylic acid groups (broad SMARTS) is 1. The lowest BCUT2D eigenvalue weighted by Crippen LogP contribution is -2.37. The molecule has 1 aromatic rings. The van der Waals surface area contributed by atoms with E-state index in [1.165, 1.54) is 32.1 Å². The van der Waals surface area contributed by atoms with Gasteiger partial charge in [-0.15, -0.1) is 0 Å². The minimum atomic E-state index is -0.824. The first-order valence-electron chi connectivity index (χ1n) is 9.53. The summed E-state index contributed by atoms with van der Waals surface area (Å²) >= 11 is 0. The normalized spacial score (nSPS) is 19.6. The van der Waals surface area contributed by atoms with Gasteiger partial charge >= 0.3 is 5.97 Å². The number of aliphatic carboxylic acids is 1. The summed E-state index contributed by atoms with van der Waals surface area (Å²) in [4.78, 5) is 27.9. The van der Waals surface area contributed by atoms with Gasteiger partial charge in [-0.1, -0.05) is 32.1 Å². The molecule has 25 heavy (non-hydrogen) atoms. The Morgan fingerprint density at radius 2 is 1.96 bits per heavy atom. The zero-order valence-corrected chi connectivity index (χ0v) is 14.9. The molecule has 0 aliphatic heterocycles. The smallest absolute Gasteiger partial charge is 0.303 e. The molecule has 1 atom stereocenters. The summed E-state index contributed by atoms with van der Waals surface area (Å²) in [5, 5.41) is 12.0. The molecule has 138 valence electrons. The van der Waals surface area contributed by atoms with Crippen molar-refractivity contribution in [3.05, 3.63) is 17.3 Å². The van der Waals surface area contributed by atoms with Crippen molar-refractivity contribution in [2.45, 2.75) is 83.1 Å². The van der Waals surface area contributed by atoms with E-state index in [-0.39, 0.29) is 24.1 Å². The minimum absolute atomic E-state index is 0.0698. The van der Waals surface area contributed by atoms with Crippen LogP contribution in [0.15, 0.2) is 4.42 Å². The second-order valence-electron chi connectivity index (χ2n) is 7.58. The molecule has 2 aliphatic carbocycles. The third-order valence-electron chi connectivity index (χ3n) is 5.33. The third-order valence-corrected chi connectivity index (χ3v) is 5.33. The topological polar surface area (TPSA) is 92.4 Å². The third kappa shape index (κ3) is 5.06. The van der Waals surface area contributed by atoms with Crippen LogP contribution in [0.25, 0.3) is 0 Å². The molecule has 0 bridgehead atoms. The summed E-state index contributed by atoms with van der Waals surface area (Å²) in [6.07, 6.45) is 9.62. The molecule has 1 unspecified atom stereocenters. The average molecular weight is 348 g/mol. The summed E-state index contributed by atoms with van der Waals surface area (Å²) < 4.78 is 5.68. The number of nitrogens with one attached hydrogen (secondary N) is 1. The Morgan fingerprint density at radius 1 is 1.24 bits per heavy atom.